The highest BCUT2D eigenvalue weighted by molar-refractivity contribution is 6.31. The van der Waals surface area contributed by atoms with Crippen molar-refractivity contribution >= 4 is 29.0 Å². The monoisotopic (exact) mass is 440 g/mol. The Labute approximate surface area is 188 Å². The third-order valence-corrected chi connectivity index (χ3v) is 7.04. The van der Waals surface area contributed by atoms with Crippen molar-refractivity contribution in [3.05, 3.63) is 46.7 Å². The fraction of sp³-hybridized carbons (Fsp3) is 0.522. The number of hydrogen-bond donors (Lipinski definition) is 1. The first-order valence-corrected chi connectivity index (χ1v) is 11.6. The summed E-state index contributed by atoms with van der Waals surface area (Å²) < 4.78 is 0. The second-order valence-corrected chi connectivity index (χ2v) is 9.07. The van der Waals surface area contributed by atoms with Gasteiger partial charge in [0.25, 0.3) is 0 Å². The summed E-state index contributed by atoms with van der Waals surface area (Å²) in [5.41, 5.74) is 2.16. The summed E-state index contributed by atoms with van der Waals surface area (Å²) in [7, 11) is 0. The number of ketones is 1. The van der Waals surface area contributed by atoms with Crippen LogP contribution in [0.2, 0.25) is 5.02 Å². The van der Waals surface area contributed by atoms with Crippen LogP contribution in [-0.4, -0.2) is 77.9 Å². The molecule has 31 heavy (non-hydrogen) atoms. The van der Waals surface area contributed by atoms with E-state index in [2.05, 4.69) is 42.1 Å². The maximum absolute atomic E-state index is 12.0. The van der Waals surface area contributed by atoms with Crippen LogP contribution in [0.1, 0.15) is 30.0 Å². The number of anilines is 2. The van der Waals surface area contributed by atoms with E-state index in [0.717, 1.165) is 54.9 Å². The maximum Gasteiger partial charge on any atom is 0.156 e. The molecule has 1 aromatic heterocycles. The molecule has 3 aliphatic heterocycles. The molecule has 7 nitrogen and oxygen atoms in total. The van der Waals surface area contributed by atoms with Gasteiger partial charge in [-0.3, -0.25) is 9.69 Å². The van der Waals surface area contributed by atoms with Gasteiger partial charge in [-0.05, 0) is 37.6 Å². The molecule has 2 aromatic rings. The van der Waals surface area contributed by atoms with Gasteiger partial charge in [-0.25, -0.2) is 9.97 Å². The Morgan fingerprint density at radius 2 is 1.81 bits per heavy atom. The molecule has 0 saturated carbocycles. The first-order chi connectivity index (χ1) is 15.2. The molecule has 1 unspecified atom stereocenters. The fourth-order valence-corrected chi connectivity index (χ4v) is 5.31. The third kappa shape index (κ3) is 4.40. The zero-order chi connectivity index (χ0) is 21.2. The molecule has 2 fully saturated rings. The van der Waals surface area contributed by atoms with Crippen molar-refractivity contribution in [3.63, 3.8) is 0 Å². The van der Waals surface area contributed by atoms with E-state index >= 15 is 0 Å². The maximum atomic E-state index is 12.0. The number of nitrogens with zero attached hydrogens (tertiary/aromatic N) is 5. The molecule has 0 spiro atoms. The van der Waals surface area contributed by atoms with Crippen molar-refractivity contribution in [3.8, 4) is 0 Å². The first-order valence-electron chi connectivity index (χ1n) is 11.2. The quantitative estimate of drug-likeness (QED) is 0.766. The minimum Gasteiger partial charge on any atom is -0.363 e. The standard InChI is InChI=1S/C23H29ClN6O/c24-20-6-2-1-5-18(20)21(15-28-7-3-4-8-28)29-9-11-30(12-10-29)23-19-13-17(31)14-25-22(19)26-16-27-23/h1-2,5-6,16,21H,3-4,7-15H2,(H,25,26,27). The lowest BCUT2D eigenvalue weighted by Gasteiger charge is -2.42. The van der Waals surface area contributed by atoms with Crippen molar-refractivity contribution in [2.45, 2.75) is 25.3 Å². The van der Waals surface area contributed by atoms with Crippen LogP contribution in [0.25, 0.3) is 0 Å². The SMILES string of the molecule is O=C1CNc2ncnc(N3CCN(C(CN4CCCC4)c4ccccc4Cl)CC3)c2C1. The fourth-order valence-electron chi connectivity index (χ4n) is 5.04. The van der Waals surface area contributed by atoms with E-state index in [0.29, 0.717) is 13.0 Å². The average molecular weight is 441 g/mol. The van der Waals surface area contributed by atoms with Gasteiger partial charge < -0.3 is 15.1 Å². The number of Topliss-reactive ketones (excluding diaryl/α,β-unsaturated/α-hetero) is 1. The van der Waals surface area contributed by atoms with Crippen molar-refractivity contribution in [2.75, 3.05) is 62.6 Å². The van der Waals surface area contributed by atoms with Crippen LogP contribution in [0.4, 0.5) is 11.6 Å². The molecule has 2 saturated heterocycles. The number of nitrogens with one attached hydrogen (secondary N) is 1. The zero-order valence-electron chi connectivity index (χ0n) is 17.8. The molecule has 0 aliphatic carbocycles. The van der Waals surface area contributed by atoms with E-state index in [4.69, 9.17) is 11.6 Å². The van der Waals surface area contributed by atoms with E-state index in [9.17, 15) is 4.79 Å². The van der Waals surface area contributed by atoms with Gasteiger partial charge in [-0.15, -0.1) is 0 Å². The van der Waals surface area contributed by atoms with Crippen LogP contribution in [0.3, 0.4) is 0 Å². The molecule has 8 heteroatoms. The average Bonchev–Trinajstić information content (AvgIpc) is 3.31. The number of carbonyl (C=O) groups is 1. The van der Waals surface area contributed by atoms with Crippen molar-refractivity contribution in [1.82, 2.24) is 19.8 Å². The summed E-state index contributed by atoms with van der Waals surface area (Å²) >= 11 is 6.63. The van der Waals surface area contributed by atoms with E-state index in [1.807, 2.05) is 12.1 Å². The molecule has 0 radical (unpaired) electrons. The molecule has 1 atom stereocenters. The normalized spacial score (nSPS) is 21.1. The Hall–Kier alpha value is -2.22. The number of fused-ring (bicyclic) bond motifs is 1. The van der Waals surface area contributed by atoms with Crippen LogP contribution in [0, 0.1) is 0 Å². The molecular weight excluding hydrogens is 412 g/mol. The van der Waals surface area contributed by atoms with Gasteiger partial charge in [-0.1, -0.05) is 29.8 Å². The van der Waals surface area contributed by atoms with Crippen molar-refractivity contribution < 1.29 is 4.79 Å². The lowest BCUT2D eigenvalue weighted by molar-refractivity contribution is -0.117. The topological polar surface area (TPSA) is 64.6 Å². The highest BCUT2D eigenvalue weighted by Crippen LogP contribution is 2.32. The molecule has 0 amide bonds. The van der Waals surface area contributed by atoms with E-state index < -0.39 is 0 Å². The number of aromatic nitrogens is 2. The van der Waals surface area contributed by atoms with Crippen molar-refractivity contribution in [2.24, 2.45) is 0 Å². The highest BCUT2D eigenvalue weighted by atomic mass is 35.5. The zero-order valence-corrected chi connectivity index (χ0v) is 18.5. The van der Waals surface area contributed by atoms with E-state index in [1.165, 1.54) is 31.5 Å². The predicted octanol–water partition coefficient (Wildman–Crippen LogP) is 2.63. The van der Waals surface area contributed by atoms with Crippen LogP contribution >= 0.6 is 11.6 Å². The number of hydrogen-bond acceptors (Lipinski definition) is 7. The number of rotatable bonds is 5. The Kier molecular flexibility index (Phi) is 6.07. The van der Waals surface area contributed by atoms with Crippen LogP contribution in [0.15, 0.2) is 30.6 Å². The van der Waals surface area contributed by atoms with Crippen LogP contribution < -0.4 is 10.2 Å². The van der Waals surface area contributed by atoms with E-state index in [-0.39, 0.29) is 11.8 Å². The Morgan fingerprint density at radius 1 is 1.03 bits per heavy atom. The summed E-state index contributed by atoms with van der Waals surface area (Å²) in [6.07, 6.45) is 4.59. The lowest BCUT2D eigenvalue weighted by atomic mass is 10.0. The molecule has 5 rings (SSSR count). The van der Waals surface area contributed by atoms with Gasteiger partial charge in [0.1, 0.15) is 18.0 Å². The molecule has 4 heterocycles. The van der Waals surface area contributed by atoms with Gasteiger partial charge >= 0.3 is 0 Å². The summed E-state index contributed by atoms with van der Waals surface area (Å²) in [5.74, 6) is 1.89. The van der Waals surface area contributed by atoms with Gasteiger partial charge in [-0.2, -0.15) is 0 Å². The summed E-state index contributed by atoms with van der Waals surface area (Å²) in [4.78, 5) is 28.3. The van der Waals surface area contributed by atoms with Crippen LogP contribution in [-0.2, 0) is 11.2 Å². The second-order valence-electron chi connectivity index (χ2n) is 8.66. The summed E-state index contributed by atoms with van der Waals surface area (Å²) in [6, 6.07) is 8.56. The molecule has 164 valence electrons. The minimum absolute atomic E-state index is 0.187. The molecular formula is C23H29ClN6O. The van der Waals surface area contributed by atoms with Gasteiger partial charge in [0.2, 0.25) is 0 Å². The number of benzene rings is 1. The Bertz CT molecular complexity index is 939. The van der Waals surface area contributed by atoms with E-state index in [1.54, 1.807) is 6.33 Å². The lowest BCUT2D eigenvalue weighted by Crippen LogP contribution is -2.50. The third-order valence-electron chi connectivity index (χ3n) is 6.70. The number of likely N-dealkylation sites (tertiary alicyclic amines) is 1. The second kappa shape index (κ2) is 9.10. The molecule has 1 aromatic carbocycles. The van der Waals surface area contributed by atoms with Gasteiger partial charge in [0.05, 0.1) is 6.54 Å². The number of halogens is 1. The Morgan fingerprint density at radius 3 is 2.58 bits per heavy atom. The summed E-state index contributed by atoms with van der Waals surface area (Å²) in [5, 5.41) is 3.98. The first kappa shape index (κ1) is 20.7. The van der Waals surface area contributed by atoms with Gasteiger partial charge in [0, 0.05) is 55.8 Å². The molecule has 1 N–H and O–H groups in total. The van der Waals surface area contributed by atoms with Crippen molar-refractivity contribution in [1.29, 1.82) is 0 Å². The van der Waals surface area contributed by atoms with Gasteiger partial charge in [0.15, 0.2) is 5.78 Å². The Balaban J connectivity index is 1.33. The largest absolute Gasteiger partial charge is 0.363 e. The molecule has 0 bridgehead atoms. The number of piperazine rings is 1. The highest BCUT2D eigenvalue weighted by Gasteiger charge is 2.31. The smallest absolute Gasteiger partial charge is 0.156 e. The predicted molar refractivity (Wildman–Crippen MR) is 123 cm³/mol. The molecule has 3 aliphatic rings. The minimum atomic E-state index is 0.187. The van der Waals surface area contributed by atoms with Crippen LogP contribution in [0.5, 0.6) is 0 Å². The number of carbonyl (C=O) groups excluding carboxylic acids is 1. The summed E-state index contributed by atoms with van der Waals surface area (Å²) in [6.45, 7) is 7.34.